The van der Waals surface area contributed by atoms with Crippen LogP contribution in [-0.2, 0) is 14.9 Å². The topological polar surface area (TPSA) is 55.0 Å². The van der Waals surface area contributed by atoms with Crippen LogP contribution in [0.1, 0.15) is 19.5 Å². The van der Waals surface area contributed by atoms with Gasteiger partial charge in [0.15, 0.2) is 0 Å². The summed E-state index contributed by atoms with van der Waals surface area (Å²) in [7, 11) is 1.39. The molecule has 0 atom stereocenters. The van der Waals surface area contributed by atoms with Gasteiger partial charge in [-0.25, -0.2) is 4.98 Å². The molecule has 2 aromatic heterocycles. The summed E-state index contributed by atoms with van der Waals surface area (Å²) in [5.41, 5.74) is 0.983. The van der Waals surface area contributed by atoms with Gasteiger partial charge in [-0.2, -0.15) is 0 Å². The molecule has 2 heterocycles. The van der Waals surface area contributed by atoms with Gasteiger partial charge in [-0.15, -0.1) is 11.3 Å². The van der Waals surface area contributed by atoms with E-state index in [1.165, 1.54) is 18.4 Å². The monoisotopic (exact) mass is 250 g/mol. The fourth-order valence-corrected chi connectivity index (χ4v) is 2.48. The van der Waals surface area contributed by atoms with E-state index in [-0.39, 0.29) is 5.97 Å². The van der Waals surface area contributed by atoms with E-state index in [9.17, 15) is 4.79 Å². The molecule has 2 rings (SSSR count). The van der Waals surface area contributed by atoms with Gasteiger partial charge in [0.05, 0.1) is 18.5 Å². The summed E-state index contributed by atoms with van der Waals surface area (Å²) < 4.78 is 4.79. The minimum absolute atomic E-state index is 0.277. The van der Waals surface area contributed by atoms with E-state index in [0.717, 1.165) is 16.4 Å². The quantitative estimate of drug-likeness (QED) is 0.852. The van der Waals surface area contributed by atoms with Gasteiger partial charge >= 0.3 is 5.97 Å². The van der Waals surface area contributed by atoms with Crippen molar-refractivity contribution in [2.24, 2.45) is 0 Å². The van der Waals surface area contributed by atoms with Crippen molar-refractivity contribution in [3.63, 3.8) is 0 Å². The van der Waals surface area contributed by atoms with Crippen molar-refractivity contribution < 1.29 is 9.53 Å². The van der Waals surface area contributed by atoms with Crippen LogP contribution in [0.4, 0.5) is 0 Å². The minimum Gasteiger partial charge on any atom is -0.468 e. The average molecular weight is 250 g/mol. The lowest BCUT2D eigenvalue weighted by atomic mass is 9.90. The summed E-state index contributed by atoms with van der Waals surface area (Å²) in [5, 5.41) is 2.77. The van der Waals surface area contributed by atoms with Gasteiger partial charge in [0.2, 0.25) is 0 Å². The lowest BCUT2D eigenvalue weighted by Crippen LogP contribution is -2.30. The number of thiazole rings is 1. The number of nitrogens with one attached hydrogen (secondary N) is 1. The fraction of sp³-hybridized carbons (Fsp3) is 0.333. The zero-order chi connectivity index (χ0) is 12.5. The van der Waals surface area contributed by atoms with Crippen molar-refractivity contribution in [2.75, 3.05) is 7.11 Å². The van der Waals surface area contributed by atoms with Gasteiger partial charge < -0.3 is 9.72 Å². The number of aromatic amines is 1. The summed E-state index contributed by atoms with van der Waals surface area (Å²) in [5.74, 6) is -0.277. The van der Waals surface area contributed by atoms with Crippen LogP contribution in [0.2, 0.25) is 0 Å². The Balaban J connectivity index is 2.33. The average Bonchev–Trinajstić information content (AvgIpc) is 2.97. The number of methoxy groups -OCH3 is 1. The fourth-order valence-electron chi connectivity index (χ4n) is 1.51. The number of H-pyrrole nitrogens is 1. The van der Waals surface area contributed by atoms with Crippen molar-refractivity contribution >= 4 is 17.3 Å². The van der Waals surface area contributed by atoms with Crippen molar-refractivity contribution in [1.82, 2.24) is 9.97 Å². The molecule has 0 fully saturated rings. The molecule has 0 aromatic carbocycles. The number of esters is 1. The number of hydrogen-bond acceptors (Lipinski definition) is 4. The first-order chi connectivity index (χ1) is 8.05. The van der Waals surface area contributed by atoms with Gasteiger partial charge in [0, 0.05) is 11.6 Å². The van der Waals surface area contributed by atoms with Crippen LogP contribution in [0.25, 0.3) is 10.7 Å². The number of rotatable bonds is 3. The first-order valence-corrected chi connectivity index (χ1v) is 6.12. The Kier molecular flexibility index (Phi) is 3.02. The van der Waals surface area contributed by atoms with Crippen LogP contribution < -0.4 is 0 Å². The molecule has 1 N–H and O–H groups in total. The second-order valence-corrected chi connectivity index (χ2v) is 5.10. The number of aromatic nitrogens is 2. The van der Waals surface area contributed by atoms with Gasteiger partial charge in [-0.3, -0.25) is 4.79 Å². The normalized spacial score (nSPS) is 11.5. The predicted molar refractivity (Wildman–Crippen MR) is 66.9 cm³/mol. The third-order valence-corrected chi connectivity index (χ3v) is 3.54. The summed E-state index contributed by atoms with van der Waals surface area (Å²) >= 11 is 1.51. The highest BCUT2D eigenvalue weighted by molar-refractivity contribution is 7.13. The maximum Gasteiger partial charge on any atom is 0.317 e. The molecule has 0 saturated heterocycles. The van der Waals surface area contributed by atoms with Crippen molar-refractivity contribution in [3.8, 4) is 10.7 Å². The van der Waals surface area contributed by atoms with E-state index in [2.05, 4.69) is 9.97 Å². The molecule has 0 aliphatic carbocycles. The molecule has 0 radical (unpaired) electrons. The first kappa shape index (κ1) is 11.9. The van der Waals surface area contributed by atoms with Crippen molar-refractivity contribution in [3.05, 3.63) is 29.4 Å². The number of nitrogens with zero attached hydrogens (tertiary/aromatic N) is 1. The SMILES string of the molecule is COC(=O)C(C)(C)c1csc(-c2ccc[nH]2)n1. The molecule has 0 unspecified atom stereocenters. The molecule has 0 bridgehead atoms. The summed E-state index contributed by atoms with van der Waals surface area (Å²) in [6.45, 7) is 3.62. The molecular formula is C12H14N2O2S. The number of ether oxygens (including phenoxy) is 1. The molecule has 0 aliphatic heterocycles. The number of carbonyl (C=O) groups excluding carboxylic acids is 1. The highest BCUT2D eigenvalue weighted by Crippen LogP contribution is 2.30. The molecule has 4 nitrogen and oxygen atoms in total. The van der Waals surface area contributed by atoms with E-state index in [1.807, 2.05) is 37.6 Å². The van der Waals surface area contributed by atoms with E-state index in [1.54, 1.807) is 0 Å². The first-order valence-electron chi connectivity index (χ1n) is 5.24. The van der Waals surface area contributed by atoms with E-state index in [4.69, 9.17) is 4.74 Å². The second-order valence-electron chi connectivity index (χ2n) is 4.24. The third-order valence-electron chi connectivity index (χ3n) is 2.67. The molecule has 0 amide bonds. The molecule has 0 saturated carbocycles. The zero-order valence-corrected chi connectivity index (χ0v) is 10.8. The zero-order valence-electron chi connectivity index (χ0n) is 9.98. The Hall–Kier alpha value is -1.62. The molecule has 90 valence electrons. The van der Waals surface area contributed by atoms with Crippen LogP contribution in [0.3, 0.4) is 0 Å². The van der Waals surface area contributed by atoms with Gasteiger partial charge in [0.25, 0.3) is 0 Å². The highest BCUT2D eigenvalue weighted by Gasteiger charge is 2.33. The van der Waals surface area contributed by atoms with E-state index in [0.29, 0.717) is 0 Å². The third kappa shape index (κ3) is 2.10. The van der Waals surface area contributed by atoms with Crippen LogP contribution >= 0.6 is 11.3 Å². The molecule has 17 heavy (non-hydrogen) atoms. The Morgan fingerprint density at radius 3 is 2.88 bits per heavy atom. The van der Waals surface area contributed by atoms with Crippen molar-refractivity contribution in [2.45, 2.75) is 19.3 Å². The Morgan fingerprint density at radius 2 is 2.29 bits per heavy atom. The molecular weight excluding hydrogens is 236 g/mol. The molecule has 2 aromatic rings. The van der Waals surface area contributed by atoms with Gasteiger partial charge in [0.1, 0.15) is 10.4 Å². The maximum absolute atomic E-state index is 11.7. The Bertz CT molecular complexity index is 514. The lowest BCUT2D eigenvalue weighted by Gasteiger charge is -2.18. The minimum atomic E-state index is -0.712. The Morgan fingerprint density at radius 1 is 1.53 bits per heavy atom. The predicted octanol–water partition coefficient (Wildman–Crippen LogP) is 2.59. The number of hydrogen-bond donors (Lipinski definition) is 1. The summed E-state index contributed by atoms with van der Waals surface area (Å²) in [6, 6.07) is 3.87. The smallest absolute Gasteiger partial charge is 0.317 e. The van der Waals surface area contributed by atoms with Gasteiger partial charge in [-0.1, -0.05) is 0 Å². The highest BCUT2D eigenvalue weighted by atomic mass is 32.1. The van der Waals surface area contributed by atoms with E-state index >= 15 is 0 Å². The second kappa shape index (κ2) is 4.33. The van der Waals surface area contributed by atoms with Crippen LogP contribution in [0.5, 0.6) is 0 Å². The molecule has 0 spiro atoms. The standard InChI is InChI=1S/C12H14N2O2S/c1-12(2,11(15)16-3)9-7-17-10(14-9)8-5-4-6-13-8/h4-7,13H,1-3H3. The summed E-state index contributed by atoms with van der Waals surface area (Å²) in [6.07, 6.45) is 1.85. The van der Waals surface area contributed by atoms with Crippen molar-refractivity contribution in [1.29, 1.82) is 0 Å². The largest absolute Gasteiger partial charge is 0.468 e. The lowest BCUT2D eigenvalue weighted by molar-refractivity contribution is -0.146. The van der Waals surface area contributed by atoms with E-state index < -0.39 is 5.41 Å². The Labute approximate surface area is 104 Å². The maximum atomic E-state index is 11.7. The summed E-state index contributed by atoms with van der Waals surface area (Å²) in [4.78, 5) is 19.2. The van der Waals surface area contributed by atoms with Crippen LogP contribution in [0, 0.1) is 0 Å². The van der Waals surface area contributed by atoms with Crippen LogP contribution in [-0.4, -0.2) is 23.0 Å². The van der Waals surface area contributed by atoms with Gasteiger partial charge in [-0.05, 0) is 26.0 Å². The molecule has 0 aliphatic rings. The van der Waals surface area contributed by atoms with Crippen LogP contribution in [0.15, 0.2) is 23.7 Å². The number of carbonyl (C=O) groups is 1. The molecule has 5 heteroatoms.